The molecule has 2 aromatic carbocycles. The number of carbonyl (C=O) groups excluding carboxylic acids is 2. The minimum atomic E-state index is -3.84. The molecule has 2 rings (SSSR count). The van der Waals surface area contributed by atoms with Crippen LogP contribution in [0.2, 0.25) is 0 Å². The van der Waals surface area contributed by atoms with E-state index in [1.54, 1.807) is 50.2 Å². The Hall–Kier alpha value is -2.91. The van der Waals surface area contributed by atoms with Crippen LogP contribution in [-0.4, -0.2) is 44.2 Å². The average molecular weight is 434 g/mol. The summed E-state index contributed by atoms with van der Waals surface area (Å²) in [6, 6.07) is 11.2. The molecular weight excluding hydrogens is 406 g/mol. The smallest absolute Gasteiger partial charge is 0.243 e. The van der Waals surface area contributed by atoms with Crippen molar-refractivity contribution >= 4 is 33.2 Å². The van der Waals surface area contributed by atoms with Gasteiger partial charge in [-0.2, -0.15) is 4.31 Å². The second-order valence-corrected chi connectivity index (χ2v) is 8.54. The van der Waals surface area contributed by atoms with Crippen molar-refractivity contribution in [2.45, 2.75) is 32.6 Å². The summed E-state index contributed by atoms with van der Waals surface area (Å²) in [5.41, 5.74) is 1.81. The van der Waals surface area contributed by atoms with Gasteiger partial charge in [0.05, 0.1) is 18.0 Å². The molecule has 0 radical (unpaired) electrons. The first-order chi connectivity index (χ1) is 14.2. The predicted molar refractivity (Wildman–Crippen MR) is 116 cm³/mol. The highest BCUT2D eigenvalue weighted by Gasteiger charge is 2.26. The van der Waals surface area contributed by atoms with Gasteiger partial charge in [0, 0.05) is 24.8 Å². The van der Waals surface area contributed by atoms with Crippen LogP contribution < -0.4 is 15.4 Å². The molecule has 2 amide bonds. The number of nitrogens with one attached hydrogen (secondary N) is 2. The van der Waals surface area contributed by atoms with Gasteiger partial charge in [0.1, 0.15) is 5.75 Å². The second-order valence-electron chi connectivity index (χ2n) is 6.60. The van der Waals surface area contributed by atoms with Crippen LogP contribution >= 0.6 is 0 Å². The fourth-order valence-corrected chi connectivity index (χ4v) is 4.31. The van der Waals surface area contributed by atoms with Gasteiger partial charge >= 0.3 is 0 Å². The molecule has 9 heteroatoms. The lowest BCUT2D eigenvalue weighted by Gasteiger charge is -2.21. The van der Waals surface area contributed by atoms with Crippen LogP contribution in [0.15, 0.2) is 47.4 Å². The first-order valence-corrected chi connectivity index (χ1v) is 11.0. The van der Waals surface area contributed by atoms with Crippen LogP contribution in [0.25, 0.3) is 0 Å². The third kappa shape index (κ3) is 6.04. The Labute approximate surface area is 177 Å². The zero-order chi connectivity index (χ0) is 22.3. The molecule has 0 aromatic heterocycles. The number of anilines is 2. The first-order valence-electron chi connectivity index (χ1n) is 9.58. The van der Waals surface area contributed by atoms with E-state index >= 15 is 0 Å². The summed E-state index contributed by atoms with van der Waals surface area (Å²) >= 11 is 0. The van der Waals surface area contributed by atoms with Crippen molar-refractivity contribution in [1.82, 2.24) is 4.31 Å². The highest BCUT2D eigenvalue weighted by Crippen LogP contribution is 2.24. The van der Waals surface area contributed by atoms with Crippen LogP contribution in [0.3, 0.4) is 0 Å². The number of benzene rings is 2. The van der Waals surface area contributed by atoms with Crippen LogP contribution in [0.1, 0.15) is 26.3 Å². The van der Waals surface area contributed by atoms with E-state index in [-0.39, 0.29) is 23.9 Å². The number of amides is 2. The van der Waals surface area contributed by atoms with E-state index in [1.165, 1.54) is 13.0 Å². The van der Waals surface area contributed by atoms with Crippen molar-refractivity contribution < 1.29 is 22.7 Å². The van der Waals surface area contributed by atoms with E-state index in [1.807, 2.05) is 6.92 Å². The SMILES string of the molecule is CCOc1ccc(S(=O)(=O)N(CC)CC(=O)Nc2ccc(NC(C)=O)cc2)cc1C. The van der Waals surface area contributed by atoms with E-state index in [0.29, 0.717) is 29.3 Å². The van der Waals surface area contributed by atoms with Crippen molar-refractivity contribution in [2.24, 2.45) is 0 Å². The number of hydrogen-bond donors (Lipinski definition) is 2. The average Bonchev–Trinajstić information content (AvgIpc) is 2.68. The van der Waals surface area contributed by atoms with Gasteiger partial charge in [-0.05, 0) is 61.9 Å². The minimum Gasteiger partial charge on any atom is -0.494 e. The largest absolute Gasteiger partial charge is 0.494 e. The summed E-state index contributed by atoms with van der Waals surface area (Å²) in [5.74, 6) is -0.0320. The second kappa shape index (κ2) is 10.2. The number of carbonyl (C=O) groups is 2. The highest BCUT2D eigenvalue weighted by molar-refractivity contribution is 7.89. The molecule has 30 heavy (non-hydrogen) atoms. The Morgan fingerprint density at radius 1 is 1.00 bits per heavy atom. The van der Waals surface area contributed by atoms with Gasteiger partial charge in [-0.3, -0.25) is 9.59 Å². The number of hydrogen-bond acceptors (Lipinski definition) is 5. The Bertz CT molecular complexity index is 1000. The molecule has 0 atom stereocenters. The monoisotopic (exact) mass is 433 g/mol. The topological polar surface area (TPSA) is 105 Å². The maximum atomic E-state index is 13.0. The van der Waals surface area contributed by atoms with Crippen molar-refractivity contribution in [1.29, 1.82) is 0 Å². The minimum absolute atomic E-state index is 0.109. The number of rotatable bonds is 9. The maximum Gasteiger partial charge on any atom is 0.243 e. The van der Waals surface area contributed by atoms with Gasteiger partial charge in [0.25, 0.3) is 0 Å². The summed E-state index contributed by atoms with van der Waals surface area (Å²) in [5, 5.41) is 5.30. The molecule has 162 valence electrons. The fraction of sp³-hybridized carbons (Fsp3) is 0.333. The molecule has 2 aromatic rings. The van der Waals surface area contributed by atoms with Crippen LogP contribution in [0.4, 0.5) is 11.4 Å². The van der Waals surface area contributed by atoms with Gasteiger partial charge in [-0.15, -0.1) is 0 Å². The summed E-state index contributed by atoms with van der Waals surface area (Å²) in [7, 11) is -3.84. The van der Waals surface area contributed by atoms with E-state index in [4.69, 9.17) is 4.74 Å². The molecule has 0 aliphatic heterocycles. The summed E-state index contributed by atoms with van der Waals surface area (Å²) < 4.78 is 32.5. The van der Waals surface area contributed by atoms with Gasteiger partial charge in [-0.25, -0.2) is 8.42 Å². The third-order valence-corrected chi connectivity index (χ3v) is 6.16. The van der Waals surface area contributed by atoms with E-state index in [0.717, 1.165) is 4.31 Å². The van der Waals surface area contributed by atoms with Gasteiger partial charge in [-0.1, -0.05) is 6.92 Å². The molecular formula is C21H27N3O5S. The zero-order valence-corrected chi connectivity index (χ0v) is 18.4. The highest BCUT2D eigenvalue weighted by atomic mass is 32.2. The molecule has 8 nitrogen and oxygen atoms in total. The lowest BCUT2D eigenvalue weighted by atomic mass is 10.2. The number of aryl methyl sites for hydroxylation is 1. The molecule has 0 saturated carbocycles. The number of sulfonamides is 1. The van der Waals surface area contributed by atoms with Crippen LogP contribution in [0.5, 0.6) is 5.75 Å². The quantitative estimate of drug-likeness (QED) is 0.633. The Morgan fingerprint density at radius 3 is 2.10 bits per heavy atom. The summed E-state index contributed by atoms with van der Waals surface area (Å²) in [4.78, 5) is 23.6. The Kier molecular flexibility index (Phi) is 7.96. The normalized spacial score (nSPS) is 11.2. The fourth-order valence-electron chi connectivity index (χ4n) is 2.82. The van der Waals surface area contributed by atoms with Crippen molar-refractivity contribution in [3.63, 3.8) is 0 Å². The zero-order valence-electron chi connectivity index (χ0n) is 17.6. The van der Waals surface area contributed by atoms with Crippen LogP contribution in [-0.2, 0) is 19.6 Å². The number of nitrogens with zero attached hydrogens (tertiary/aromatic N) is 1. The maximum absolute atomic E-state index is 13.0. The molecule has 0 spiro atoms. The molecule has 2 N–H and O–H groups in total. The molecule has 0 bridgehead atoms. The van der Waals surface area contributed by atoms with Gasteiger partial charge in [0.2, 0.25) is 21.8 Å². The molecule has 0 aliphatic carbocycles. The first kappa shape index (κ1) is 23.4. The van der Waals surface area contributed by atoms with Crippen molar-refractivity contribution in [3.05, 3.63) is 48.0 Å². The predicted octanol–water partition coefficient (Wildman–Crippen LogP) is 3.00. The summed E-state index contributed by atoms with van der Waals surface area (Å²) in [6.07, 6.45) is 0. The van der Waals surface area contributed by atoms with Crippen LogP contribution in [0, 0.1) is 6.92 Å². The number of ether oxygens (including phenoxy) is 1. The van der Waals surface area contributed by atoms with E-state index < -0.39 is 15.9 Å². The van der Waals surface area contributed by atoms with Crippen molar-refractivity contribution in [2.75, 3.05) is 30.3 Å². The molecule has 0 heterocycles. The van der Waals surface area contributed by atoms with Gasteiger partial charge < -0.3 is 15.4 Å². The van der Waals surface area contributed by atoms with Gasteiger partial charge in [0.15, 0.2) is 0 Å². The summed E-state index contributed by atoms with van der Waals surface area (Å²) in [6.45, 7) is 7.02. The van der Waals surface area contributed by atoms with E-state index in [9.17, 15) is 18.0 Å². The van der Waals surface area contributed by atoms with Crippen molar-refractivity contribution in [3.8, 4) is 5.75 Å². The molecule has 0 aliphatic rings. The molecule has 0 unspecified atom stereocenters. The Balaban J connectivity index is 2.10. The number of likely N-dealkylation sites (N-methyl/N-ethyl adjacent to an activating group) is 1. The lowest BCUT2D eigenvalue weighted by Crippen LogP contribution is -2.37. The lowest BCUT2D eigenvalue weighted by molar-refractivity contribution is -0.116. The molecule has 0 saturated heterocycles. The standard InChI is InChI=1S/C21H27N3O5S/c1-5-24(30(27,28)19-11-12-20(29-6-2)15(3)13-19)14-21(26)23-18-9-7-17(8-10-18)22-16(4)25/h7-13H,5-6,14H2,1-4H3,(H,22,25)(H,23,26). The Morgan fingerprint density at radius 2 is 1.60 bits per heavy atom. The van der Waals surface area contributed by atoms with E-state index in [2.05, 4.69) is 10.6 Å². The third-order valence-electron chi connectivity index (χ3n) is 4.25. The molecule has 0 fully saturated rings.